The Morgan fingerprint density at radius 3 is 1.16 bits per heavy atom. The van der Waals surface area contributed by atoms with E-state index in [1.54, 1.807) is 27.7 Å². The molecule has 0 aromatic heterocycles. The quantitative estimate of drug-likeness (QED) is 0.343. The van der Waals surface area contributed by atoms with Gasteiger partial charge in [0.25, 0.3) is 0 Å². The van der Waals surface area contributed by atoms with Gasteiger partial charge in [0.2, 0.25) is 0 Å². The topological polar surface area (TPSA) is 98.7 Å². The Morgan fingerprint density at radius 1 is 0.649 bits per heavy atom. The summed E-state index contributed by atoms with van der Waals surface area (Å²) < 4.78 is 53.6. The van der Waals surface area contributed by atoms with E-state index in [9.17, 15) is 38.0 Å². The fourth-order valence-electron chi connectivity index (χ4n) is 2.92. The molecule has 0 aliphatic heterocycles. The van der Waals surface area contributed by atoms with Crippen LogP contribution >= 0.6 is 0 Å². The molecule has 0 spiro atoms. The van der Waals surface area contributed by atoms with E-state index in [0.29, 0.717) is 38.3 Å². The number of likely N-dealkylation sites (N-methyl/N-ethyl adjacent to an activating group) is 2. The molecule has 0 bridgehead atoms. The maximum absolute atomic E-state index is 13.4. The van der Waals surface area contributed by atoms with Crippen molar-refractivity contribution in [3.05, 3.63) is 58.7 Å². The predicted octanol–water partition coefficient (Wildman–Crippen LogP) is 2.24. The third-order valence-corrected chi connectivity index (χ3v) is 4.59. The third kappa shape index (κ3) is 16.0. The minimum Gasteiger partial charge on any atom is -0.870 e. The van der Waals surface area contributed by atoms with Crippen LogP contribution in [0.5, 0.6) is 11.5 Å². The Balaban J connectivity index is 0. The van der Waals surface area contributed by atoms with Gasteiger partial charge in [0.15, 0.2) is 0 Å². The molecule has 0 unspecified atom stereocenters. The first kappa shape index (κ1) is 37.5. The van der Waals surface area contributed by atoms with Crippen LogP contribution in [-0.4, -0.2) is 48.2 Å². The molecule has 0 saturated carbocycles. The summed E-state index contributed by atoms with van der Waals surface area (Å²) in [4.78, 5) is 3.64. The second-order valence-electron chi connectivity index (χ2n) is 8.59. The van der Waals surface area contributed by atoms with Crippen LogP contribution in [0.25, 0.3) is 0 Å². The number of rotatable bonds is 9. The summed E-state index contributed by atoms with van der Waals surface area (Å²) in [6.07, 6.45) is -0.833. The van der Waals surface area contributed by atoms with Crippen LogP contribution in [-0.2, 0) is 34.8 Å². The average Bonchev–Trinajstić information content (AvgIpc) is 2.75. The van der Waals surface area contributed by atoms with E-state index in [-0.39, 0.29) is 45.9 Å². The summed E-state index contributed by atoms with van der Waals surface area (Å²) in [5, 5.41) is 42.7. The second kappa shape index (κ2) is 19.4. The maximum Gasteiger partial charge on any atom is 4.00 e. The zero-order chi connectivity index (χ0) is 28.0. The van der Waals surface area contributed by atoms with E-state index in [1.165, 1.54) is 0 Å². The minimum absolute atomic E-state index is 0. The van der Waals surface area contributed by atoms with Gasteiger partial charge in [-0.2, -0.15) is 0 Å². The molecule has 11 heteroatoms. The van der Waals surface area contributed by atoms with Crippen molar-refractivity contribution < 1.29 is 59.7 Å². The molecule has 0 N–H and O–H groups in total. The minimum atomic E-state index is -1.13. The van der Waals surface area contributed by atoms with Gasteiger partial charge in [-0.25, -0.2) is 17.6 Å². The summed E-state index contributed by atoms with van der Waals surface area (Å²) in [5.41, 5.74) is 0.0490. The Bertz CT molecular complexity index is 842. The molecule has 2 aromatic rings. The first-order valence-electron chi connectivity index (χ1n) is 11.8. The molecule has 6 nitrogen and oxygen atoms in total. The summed E-state index contributed by atoms with van der Waals surface area (Å²) in [5.74, 6) is -5.55. The number of benzene rings is 2. The fourth-order valence-corrected chi connectivity index (χ4v) is 2.92. The molecular formula is C26H36F4N2O4Ti. The van der Waals surface area contributed by atoms with Gasteiger partial charge in [0.05, 0.1) is 0 Å². The molecule has 0 amide bonds. The Hall–Kier alpha value is -1.69. The van der Waals surface area contributed by atoms with Crippen molar-refractivity contribution in [3.8, 4) is 11.5 Å². The molecule has 206 valence electrons. The Kier molecular flexibility index (Phi) is 19.6. The van der Waals surface area contributed by atoms with Gasteiger partial charge in [-0.1, -0.05) is 53.0 Å². The first-order chi connectivity index (χ1) is 16.7. The molecule has 2 aromatic carbocycles. The van der Waals surface area contributed by atoms with Crippen LogP contribution in [0.1, 0.15) is 52.7 Å². The van der Waals surface area contributed by atoms with Crippen molar-refractivity contribution >= 4 is 0 Å². The molecule has 0 aliphatic carbocycles. The molecule has 2 rings (SSSR count). The molecule has 0 radical (unpaired) electrons. The molecular weight excluding hydrogens is 528 g/mol. The summed E-state index contributed by atoms with van der Waals surface area (Å²) in [6.45, 7) is 12.2. The smallest absolute Gasteiger partial charge is 0.870 e. The van der Waals surface area contributed by atoms with Crippen molar-refractivity contribution in [1.29, 1.82) is 0 Å². The Labute approximate surface area is 232 Å². The molecule has 0 saturated heterocycles. The third-order valence-electron chi connectivity index (χ3n) is 4.59. The van der Waals surface area contributed by atoms with Crippen LogP contribution in [0.15, 0.2) is 24.3 Å². The van der Waals surface area contributed by atoms with Crippen LogP contribution in [0.4, 0.5) is 17.6 Å². The van der Waals surface area contributed by atoms with Gasteiger partial charge in [0.1, 0.15) is 23.3 Å². The van der Waals surface area contributed by atoms with Gasteiger partial charge in [-0.05, 0) is 36.3 Å². The van der Waals surface area contributed by atoms with E-state index in [1.807, 2.05) is 23.6 Å². The van der Waals surface area contributed by atoms with Crippen molar-refractivity contribution in [2.24, 2.45) is 0 Å². The van der Waals surface area contributed by atoms with Gasteiger partial charge >= 0.3 is 21.7 Å². The summed E-state index contributed by atoms with van der Waals surface area (Å²) >= 11 is 0. The standard InChI is InChI=1S/C20H24F4N2O2.2C3H7O.Ti/c1-3-25(11-13-7-15(21)9-17(23)19(13)27)5-6-26(4-2)12-14-8-16(22)10-18(24)20(14)28;2*1-3(2)4;/h7-10,27-28H,3-6,11-12H2,1-2H3;2*3H,1-2H3;/q;2*-1;+4/p-2. The van der Waals surface area contributed by atoms with Crippen LogP contribution in [0, 0.1) is 23.3 Å². The maximum atomic E-state index is 13.4. The largest absolute Gasteiger partial charge is 4.00 e. The van der Waals surface area contributed by atoms with Gasteiger partial charge in [-0.15, -0.1) is 12.2 Å². The Morgan fingerprint density at radius 2 is 0.919 bits per heavy atom. The zero-order valence-electron chi connectivity index (χ0n) is 22.2. The summed E-state index contributed by atoms with van der Waals surface area (Å²) in [6, 6.07) is 3.15. The predicted molar refractivity (Wildman–Crippen MR) is 124 cm³/mol. The first-order valence-corrected chi connectivity index (χ1v) is 11.8. The van der Waals surface area contributed by atoms with E-state index >= 15 is 0 Å². The van der Waals surface area contributed by atoms with Crippen LogP contribution < -0.4 is 20.4 Å². The monoisotopic (exact) mass is 564 g/mol. The van der Waals surface area contributed by atoms with Crippen molar-refractivity contribution in [3.63, 3.8) is 0 Å². The molecule has 0 aliphatic rings. The van der Waals surface area contributed by atoms with E-state index in [2.05, 4.69) is 0 Å². The number of hydrogen-bond acceptors (Lipinski definition) is 6. The summed E-state index contributed by atoms with van der Waals surface area (Å²) in [7, 11) is 0. The van der Waals surface area contributed by atoms with Gasteiger partial charge < -0.3 is 20.4 Å². The van der Waals surface area contributed by atoms with E-state index < -0.39 is 47.0 Å². The fraction of sp³-hybridized carbons (Fsp3) is 0.538. The van der Waals surface area contributed by atoms with Gasteiger partial charge in [-0.3, -0.25) is 9.80 Å². The molecule has 0 heterocycles. The number of nitrogens with zero attached hydrogens (tertiary/aromatic N) is 2. The van der Waals surface area contributed by atoms with Crippen molar-refractivity contribution in [2.45, 2.75) is 66.8 Å². The average molecular weight is 564 g/mol. The number of halogens is 4. The van der Waals surface area contributed by atoms with Crippen LogP contribution in [0.2, 0.25) is 0 Å². The van der Waals surface area contributed by atoms with Crippen molar-refractivity contribution in [2.75, 3.05) is 26.2 Å². The zero-order valence-corrected chi connectivity index (χ0v) is 23.8. The molecule has 0 fully saturated rings. The van der Waals surface area contributed by atoms with Gasteiger partial charge in [0, 0.05) is 38.3 Å². The molecule has 0 atom stereocenters. The normalized spacial score (nSPS) is 10.7. The molecule has 37 heavy (non-hydrogen) atoms. The van der Waals surface area contributed by atoms with E-state index in [4.69, 9.17) is 0 Å². The van der Waals surface area contributed by atoms with Crippen LogP contribution in [0.3, 0.4) is 0 Å². The van der Waals surface area contributed by atoms with Crippen molar-refractivity contribution in [1.82, 2.24) is 9.80 Å². The second-order valence-corrected chi connectivity index (χ2v) is 8.59. The SMILES string of the molecule is CC(C)[O-].CC(C)[O-].CCN(CCN(CC)Cc1cc(F)cc(F)c1[O-])Cc1cc(F)cc(F)c1[O-].[Ti+4]. The number of hydrogen-bond donors (Lipinski definition) is 0. The van der Waals surface area contributed by atoms with E-state index in [0.717, 1.165) is 12.1 Å².